The predicted octanol–water partition coefficient (Wildman–Crippen LogP) is 1.62. The van der Waals surface area contributed by atoms with E-state index in [-0.39, 0.29) is 5.54 Å². The van der Waals surface area contributed by atoms with E-state index in [9.17, 15) is 0 Å². The van der Waals surface area contributed by atoms with Gasteiger partial charge < -0.3 is 8.98 Å². The molecular weight excluding hydrogens is 278 g/mol. The number of aryl methyl sites for hydroxylation is 1. The molecule has 0 N–H and O–H groups in total. The highest BCUT2D eigenvalue weighted by molar-refractivity contribution is 5.09. The molecule has 2 aromatic rings. The molecule has 1 saturated heterocycles. The highest BCUT2D eigenvalue weighted by Crippen LogP contribution is 2.36. The second-order valence-electron chi connectivity index (χ2n) is 6.75. The van der Waals surface area contributed by atoms with Crippen LogP contribution in [0.2, 0.25) is 0 Å². The summed E-state index contributed by atoms with van der Waals surface area (Å²) in [6, 6.07) is 4.02. The monoisotopic (exact) mass is 301 g/mol. The molecule has 22 heavy (non-hydrogen) atoms. The molecule has 6 nitrogen and oxygen atoms in total. The van der Waals surface area contributed by atoms with Crippen LogP contribution in [0.3, 0.4) is 0 Å². The highest BCUT2D eigenvalue weighted by atomic mass is 16.3. The average molecular weight is 301 g/mol. The molecule has 6 heteroatoms. The summed E-state index contributed by atoms with van der Waals surface area (Å²) in [6.45, 7) is 7.16. The molecule has 0 atom stereocenters. The second kappa shape index (κ2) is 5.21. The molecule has 0 bridgehead atoms. The quantitative estimate of drug-likeness (QED) is 0.843. The number of aromatic nitrogens is 3. The Morgan fingerprint density at radius 1 is 1.27 bits per heavy atom. The van der Waals surface area contributed by atoms with Crippen molar-refractivity contribution in [2.75, 3.05) is 26.7 Å². The lowest BCUT2D eigenvalue weighted by atomic mass is 9.84. The van der Waals surface area contributed by atoms with E-state index in [2.05, 4.69) is 44.6 Å². The third-order valence-corrected chi connectivity index (χ3v) is 5.09. The van der Waals surface area contributed by atoms with Crippen LogP contribution in [0.5, 0.6) is 0 Å². The molecule has 0 amide bonds. The van der Waals surface area contributed by atoms with Gasteiger partial charge >= 0.3 is 0 Å². The summed E-state index contributed by atoms with van der Waals surface area (Å²) in [5.74, 6) is 3.23. The van der Waals surface area contributed by atoms with E-state index in [1.165, 1.54) is 0 Å². The van der Waals surface area contributed by atoms with Crippen molar-refractivity contribution in [3.8, 4) is 0 Å². The second-order valence-corrected chi connectivity index (χ2v) is 6.75. The van der Waals surface area contributed by atoms with Crippen molar-refractivity contribution in [3.63, 3.8) is 0 Å². The first-order valence-electron chi connectivity index (χ1n) is 8.01. The first-order valence-corrected chi connectivity index (χ1v) is 8.01. The molecule has 1 spiro atoms. The van der Waals surface area contributed by atoms with Gasteiger partial charge in [0.05, 0.1) is 24.9 Å². The van der Waals surface area contributed by atoms with E-state index in [1.807, 2.05) is 6.07 Å². The van der Waals surface area contributed by atoms with Crippen molar-refractivity contribution in [2.45, 2.75) is 38.4 Å². The lowest BCUT2D eigenvalue weighted by Gasteiger charge is -2.48. The van der Waals surface area contributed by atoms with Crippen LogP contribution >= 0.6 is 0 Å². The van der Waals surface area contributed by atoms with Gasteiger partial charge in [0.15, 0.2) is 0 Å². The van der Waals surface area contributed by atoms with Crippen molar-refractivity contribution in [1.82, 2.24) is 24.6 Å². The summed E-state index contributed by atoms with van der Waals surface area (Å²) in [4.78, 5) is 4.86. The van der Waals surface area contributed by atoms with Gasteiger partial charge in [-0.25, -0.2) is 0 Å². The standard InChI is InChI=1S/C16H23N5O/c1-13-17-18-15-11-19(2)12-16(21(13)15)5-7-20(8-6-16)10-14-4-3-9-22-14/h3-4,9H,5-8,10-12H2,1-2H3. The van der Waals surface area contributed by atoms with Crippen LogP contribution < -0.4 is 0 Å². The fraction of sp³-hybridized carbons (Fsp3) is 0.625. The number of likely N-dealkylation sites (tertiary alicyclic amines) is 1. The molecule has 0 radical (unpaired) electrons. The van der Waals surface area contributed by atoms with Crippen molar-refractivity contribution in [1.29, 1.82) is 0 Å². The van der Waals surface area contributed by atoms with E-state index in [0.29, 0.717) is 0 Å². The maximum absolute atomic E-state index is 5.48. The van der Waals surface area contributed by atoms with E-state index in [4.69, 9.17) is 4.42 Å². The van der Waals surface area contributed by atoms with Crippen LogP contribution in [0.4, 0.5) is 0 Å². The summed E-state index contributed by atoms with van der Waals surface area (Å²) < 4.78 is 7.89. The van der Waals surface area contributed by atoms with Crippen LogP contribution in [0, 0.1) is 6.92 Å². The summed E-state index contributed by atoms with van der Waals surface area (Å²) >= 11 is 0. The minimum atomic E-state index is 0.162. The number of likely N-dealkylation sites (N-methyl/N-ethyl adjacent to an activating group) is 1. The maximum atomic E-state index is 5.48. The molecule has 4 rings (SSSR count). The van der Waals surface area contributed by atoms with Crippen LogP contribution in [-0.4, -0.2) is 51.2 Å². The fourth-order valence-electron chi connectivity index (χ4n) is 4.13. The van der Waals surface area contributed by atoms with E-state index in [0.717, 1.165) is 63.0 Å². The Bertz CT molecular complexity index is 640. The van der Waals surface area contributed by atoms with Crippen LogP contribution in [0.1, 0.15) is 30.3 Å². The molecule has 0 aromatic carbocycles. The third kappa shape index (κ3) is 2.27. The van der Waals surface area contributed by atoms with E-state index in [1.54, 1.807) is 6.26 Å². The Hall–Kier alpha value is -1.66. The van der Waals surface area contributed by atoms with Crippen molar-refractivity contribution in [3.05, 3.63) is 35.8 Å². The van der Waals surface area contributed by atoms with Crippen molar-refractivity contribution >= 4 is 0 Å². The number of piperidine rings is 1. The first-order chi connectivity index (χ1) is 10.7. The van der Waals surface area contributed by atoms with Gasteiger partial charge in [0.2, 0.25) is 0 Å². The number of hydrogen-bond acceptors (Lipinski definition) is 5. The topological polar surface area (TPSA) is 50.3 Å². The molecule has 2 aromatic heterocycles. The Morgan fingerprint density at radius 3 is 2.82 bits per heavy atom. The minimum Gasteiger partial charge on any atom is -0.468 e. The Kier molecular flexibility index (Phi) is 3.31. The molecule has 1 fully saturated rings. The summed E-state index contributed by atoms with van der Waals surface area (Å²) in [5.41, 5.74) is 0.162. The van der Waals surface area contributed by atoms with Gasteiger partial charge in [-0.3, -0.25) is 9.80 Å². The number of furan rings is 1. The number of fused-ring (bicyclic) bond motifs is 2. The Balaban J connectivity index is 1.53. The molecule has 118 valence electrons. The van der Waals surface area contributed by atoms with Gasteiger partial charge in [0.25, 0.3) is 0 Å². The van der Waals surface area contributed by atoms with Crippen molar-refractivity contribution < 1.29 is 4.42 Å². The van der Waals surface area contributed by atoms with Gasteiger partial charge in [0, 0.05) is 19.6 Å². The Labute approximate surface area is 130 Å². The molecule has 2 aliphatic heterocycles. The minimum absolute atomic E-state index is 0.162. The zero-order valence-electron chi connectivity index (χ0n) is 13.3. The summed E-state index contributed by atoms with van der Waals surface area (Å²) in [5, 5.41) is 8.70. The van der Waals surface area contributed by atoms with Gasteiger partial charge in [-0.2, -0.15) is 0 Å². The number of hydrogen-bond donors (Lipinski definition) is 0. The zero-order valence-corrected chi connectivity index (χ0v) is 13.3. The molecular formula is C16H23N5O. The van der Waals surface area contributed by atoms with Gasteiger partial charge in [-0.15, -0.1) is 10.2 Å². The third-order valence-electron chi connectivity index (χ3n) is 5.09. The van der Waals surface area contributed by atoms with Crippen LogP contribution in [-0.2, 0) is 18.6 Å². The molecule has 2 aliphatic rings. The average Bonchev–Trinajstić information content (AvgIpc) is 3.12. The van der Waals surface area contributed by atoms with Gasteiger partial charge in [-0.1, -0.05) is 0 Å². The van der Waals surface area contributed by atoms with E-state index >= 15 is 0 Å². The van der Waals surface area contributed by atoms with E-state index < -0.39 is 0 Å². The Morgan fingerprint density at radius 2 is 2.09 bits per heavy atom. The van der Waals surface area contributed by atoms with Crippen molar-refractivity contribution in [2.24, 2.45) is 0 Å². The SMILES string of the molecule is Cc1nnc2n1C1(CCN(Cc3ccco3)CC1)CN(C)C2. The van der Waals surface area contributed by atoms with Gasteiger partial charge in [0.1, 0.15) is 17.4 Å². The van der Waals surface area contributed by atoms with Gasteiger partial charge in [-0.05, 0) is 38.9 Å². The molecule has 0 aliphatic carbocycles. The molecule has 4 heterocycles. The lowest BCUT2D eigenvalue weighted by Crippen LogP contribution is -2.55. The van der Waals surface area contributed by atoms with Crippen LogP contribution in [0.15, 0.2) is 22.8 Å². The number of nitrogens with zero attached hydrogens (tertiary/aromatic N) is 5. The summed E-state index contributed by atoms with van der Waals surface area (Å²) in [6.07, 6.45) is 4.04. The zero-order chi connectivity index (χ0) is 15.2. The summed E-state index contributed by atoms with van der Waals surface area (Å²) in [7, 11) is 2.19. The first kappa shape index (κ1) is 14.0. The highest BCUT2D eigenvalue weighted by Gasteiger charge is 2.42. The molecule has 0 saturated carbocycles. The molecule has 0 unspecified atom stereocenters. The normalized spacial score (nSPS) is 22.1. The predicted molar refractivity (Wildman–Crippen MR) is 82.3 cm³/mol. The smallest absolute Gasteiger partial charge is 0.147 e. The maximum Gasteiger partial charge on any atom is 0.147 e. The fourth-order valence-corrected chi connectivity index (χ4v) is 4.13. The largest absolute Gasteiger partial charge is 0.468 e. The number of rotatable bonds is 2. The van der Waals surface area contributed by atoms with Crippen LogP contribution in [0.25, 0.3) is 0 Å². The lowest BCUT2D eigenvalue weighted by molar-refractivity contribution is 0.0440.